The van der Waals surface area contributed by atoms with Gasteiger partial charge in [-0.1, -0.05) is 17.7 Å². The molecule has 0 aliphatic rings. The molecule has 0 spiro atoms. The quantitative estimate of drug-likeness (QED) is 0.797. The third kappa shape index (κ3) is 4.30. The minimum Gasteiger partial charge on any atom is -0.387 e. The lowest BCUT2D eigenvalue weighted by Crippen LogP contribution is -2.34. The number of pyridine rings is 1. The number of rotatable bonds is 4. The number of halogens is 2. The fraction of sp³-hybridized carbons (Fsp3) is 0.200. The van der Waals surface area contributed by atoms with Crippen molar-refractivity contribution >= 4 is 23.3 Å². The third-order valence-electron chi connectivity index (χ3n) is 3.16. The third-order valence-corrected chi connectivity index (χ3v) is 3.46. The summed E-state index contributed by atoms with van der Waals surface area (Å²) < 4.78 is 14.6. The maximum Gasteiger partial charge on any atom is 0.319 e. The van der Waals surface area contributed by atoms with Crippen molar-refractivity contribution < 1.29 is 14.3 Å². The zero-order chi connectivity index (χ0) is 17.0. The summed E-state index contributed by atoms with van der Waals surface area (Å²) in [7, 11) is 1.56. The summed E-state index contributed by atoms with van der Waals surface area (Å²) in [6.07, 6.45) is 0.454. The van der Waals surface area contributed by atoms with Crippen molar-refractivity contribution in [3.05, 3.63) is 63.3 Å². The highest BCUT2D eigenvalue weighted by atomic mass is 35.5. The van der Waals surface area contributed by atoms with E-state index in [1.807, 2.05) is 0 Å². The van der Waals surface area contributed by atoms with Crippen LogP contribution < -0.4 is 16.2 Å². The first-order chi connectivity index (χ1) is 10.9. The van der Waals surface area contributed by atoms with Crippen molar-refractivity contribution in [2.45, 2.75) is 6.10 Å². The molecule has 2 rings (SSSR count). The summed E-state index contributed by atoms with van der Waals surface area (Å²) in [5.41, 5.74) is 0.0327. The molecule has 1 aromatic carbocycles. The lowest BCUT2D eigenvalue weighted by atomic mass is 10.1. The van der Waals surface area contributed by atoms with Crippen molar-refractivity contribution in [1.29, 1.82) is 0 Å². The smallest absolute Gasteiger partial charge is 0.319 e. The summed E-state index contributed by atoms with van der Waals surface area (Å²) >= 11 is 5.56. The number of nitrogens with one attached hydrogen (secondary N) is 2. The molecule has 1 atom stereocenters. The van der Waals surface area contributed by atoms with Crippen LogP contribution in [0.25, 0.3) is 0 Å². The first-order valence-corrected chi connectivity index (χ1v) is 7.10. The molecular formula is C15H15ClFN3O3. The summed E-state index contributed by atoms with van der Waals surface area (Å²) in [5, 5.41) is 14.7. The first-order valence-electron chi connectivity index (χ1n) is 6.72. The summed E-state index contributed by atoms with van der Waals surface area (Å²) in [6, 6.07) is 6.31. The number of amides is 2. The fourth-order valence-corrected chi connectivity index (χ4v) is 2.00. The van der Waals surface area contributed by atoms with Gasteiger partial charge in [0.2, 0.25) is 0 Å². The second-order valence-electron chi connectivity index (χ2n) is 4.86. The molecule has 0 aliphatic heterocycles. The average Bonchev–Trinajstić information content (AvgIpc) is 2.52. The van der Waals surface area contributed by atoms with E-state index in [9.17, 15) is 19.1 Å². The van der Waals surface area contributed by atoms with E-state index < -0.39 is 18.0 Å². The molecule has 122 valence electrons. The van der Waals surface area contributed by atoms with E-state index >= 15 is 0 Å². The predicted octanol–water partition coefficient (Wildman–Crippen LogP) is 2.03. The molecule has 0 fully saturated rings. The van der Waals surface area contributed by atoms with Gasteiger partial charge in [-0.2, -0.15) is 0 Å². The zero-order valence-electron chi connectivity index (χ0n) is 12.2. The highest BCUT2D eigenvalue weighted by Crippen LogP contribution is 2.19. The van der Waals surface area contributed by atoms with Gasteiger partial charge in [-0.25, -0.2) is 9.18 Å². The van der Waals surface area contributed by atoms with E-state index in [0.29, 0.717) is 0 Å². The second kappa shape index (κ2) is 7.26. The highest BCUT2D eigenvalue weighted by molar-refractivity contribution is 6.30. The van der Waals surface area contributed by atoms with Crippen LogP contribution in [-0.4, -0.2) is 22.2 Å². The van der Waals surface area contributed by atoms with Crippen LogP contribution in [0.4, 0.5) is 14.9 Å². The zero-order valence-corrected chi connectivity index (χ0v) is 13.0. The average molecular weight is 340 g/mol. The summed E-state index contributed by atoms with van der Waals surface area (Å²) in [4.78, 5) is 23.5. The van der Waals surface area contributed by atoms with Crippen LogP contribution in [0.5, 0.6) is 0 Å². The van der Waals surface area contributed by atoms with Gasteiger partial charge in [0.15, 0.2) is 0 Å². The van der Waals surface area contributed by atoms with Crippen LogP contribution in [0.3, 0.4) is 0 Å². The largest absolute Gasteiger partial charge is 0.387 e. The van der Waals surface area contributed by atoms with E-state index in [1.165, 1.54) is 22.8 Å². The molecule has 0 saturated heterocycles. The topological polar surface area (TPSA) is 83.4 Å². The summed E-state index contributed by atoms with van der Waals surface area (Å²) in [6.45, 7) is -0.153. The van der Waals surface area contributed by atoms with Crippen LogP contribution >= 0.6 is 11.6 Å². The van der Waals surface area contributed by atoms with Crippen molar-refractivity contribution in [3.8, 4) is 0 Å². The molecule has 6 nitrogen and oxygen atoms in total. The van der Waals surface area contributed by atoms with Crippen LogP contribution in [0.15, 0.2) is 41.3 Å². The predicted molar refractivity (Wildman–Crippen MR) is 85.1 cm³/mol. The SMILES string of the molecule is Cn1cccc(NC(=O)NCC(O)c2ccc(Cl)c(F)c2)c1=O. The number of aliphatic hydroxyl groups is 1. The van der Waals surface area contributed by atoms with Crippen LogP contribution in [0.1, 0.15) is 11.7 Å². The van der Waals surface area contributed by atoms with Gasteiger partial charge in [0, 0.05) is 19.8 Å². The molecule has 1 heterocycles. The van der Waals surface area contributed by atoms with Gasteiger partial charge in [-0.05, 0) is 29.8 Å². The molecule has 8 heteroatoms. The van der Waals surface area contributed by atoms with Gasteiger partial charge in [0.05, 0.1) is 11.1 Å². The van der Waals surface area contributed by atoms with E-state index in [4.69, 9.17) is 11.6 Å². The molecule has 0 aliphatic carbocycles. The Balaban J connectivity index is 1.94. The minimum atomic E-state index is -1.11. The van der Waals surface area contributed by atoms with Gasteiger partial charge in [-0.15, -0.1) is 0 Å². The van der Waals surface area contributed by atoms with Gasteiger partial charge in [0.25, 0.3) is 5.56 Å². The second-order valence-corrected chi connectivity index (χ2v) is 5.27. The van der Waals surface area contributed by atoms with Gasteiger partial charge < -0.3 is 20.3 Å². The maximum atomic E-state index is 13.3. The number of hydrogen-bond donors (Lipinski definition) is 3. The number of benzene rings is 1. The van der Waals surface area contributed by atoms with Crippen molar-refractivity contribution in [1.82, 2.24) is 9.88 Å². The normalized spacial score (nSPS) is 11.8. The Morgan fingerprint density at radius 2 is 2.17 bits per heavy atom. The molecule has 1 aromatic heterocycles. The Kier molecular flexibility index (Phi) is 5.36. The standard InChI is InChI=1S/C15H15ClFN3O3/c1-20-6-2-3-12(14(20)22)19-15(23)18-8-13(21)9-4-5-10(16)11(17)7-9/h2-7,13,21H,8H2,1H3,(H2,18,19,23). The Morgan fingerprint density at radius 1 is 1.43 bits per heavy atom. The minimum absolute atomic E-state index is 0.0495. The Morgan fingerprint density at radius 3 is 2.87 bits per heavy atom. The van der Waals surface area contributed by atoms with E-state index in [2.05, 4.69) is 10.6 Å². The first kappa shape index (κ1) is 17.0. The van der Waals surface area contributed by atoms with E-state index in [1.54, 1.807) is 19.3 Å². The monoisotopic (exact) mass is 339 g/mol. The van der Waals surface area contributed by atoms with Crippen molar-refractivity contribution in [3.63, 3.8) is 0 Å². The van der Waals surface area contributed by atoms with Crippen LogP contribution in [0.2, 0.25) is 5.02 Å². The molecule has 1 unspecified atom stereocenters. The molecule has 0 radical (unpaired) electrons. The van der Waals surface area contributed by atoms with Crippen LogP contribution in [-0.2, 0) is 7.05 Å². The highest BCUT2D eigenvalue weighted by Gasteiger charge is 2.12. The number of carbonyl (C=O) groups excluding carboxylic acids is 1. The fourth-order valence-electron chi connectivity index (χ4n) is 1.89. The maximum absolute atomic E-state index is 13.3. The Hall–Kier alpha value is -2.38. The van der Waals surface area contributed by atoms with E-state index in [-0.39, 0.29) is 28.4 Å². The lowest BCUT2D eigenvalue weighted by molar-refractivity contribution is 0.174. The number of carbonyl (C=O) groups is 1. The number of aromatic nitrogens is 1. The molecule has 0 bridgehead atoms. The van der Waals surface area contributed by atoms with Gasteiger partial charge in [0.1, 0.15) is 11.5 Å². The molecule has 23 heavy (non-hydrogen) atoms. The number of aryl methyl sites for hydroxylation is 1. The molecule has 0 saturated carbocycles. The summed E-state index contributed by atoms with van der Waals surface area (Å²) in [5.74, 6) is -0.652. The number of anilines is 1. The Bertz CT molecular complexity index is 779. The Labute approximate surface area is 136 Å². The van der Waals surface area contributed by atoms with Gasteiger partial charge in [-0.3, -0.25) is 4.79 Å². The van der Waals surface area contributed by atoms with E-state index in [0.717, 1.165) is 6.07 Å². The van der Waals surface area contributed by atoms with Crippen LogP contribution in [0, 0.1) is 5.82 Å². The van der Waals surface area contributed by atoms with Gasteiger partial charge >= 0.3 is 6.03 Å². The number of hydrogen-bond acceptors (Lipinski definition) is 3. The molecule has 3 N–H and O–H groups in total. The lowest BCUT2D eigenvalue weighted by Gasteiger charge is -2.13. The van der Waals surface area contributed by atoms with Crippen molar-refractivity contribution in [2.24, 2.45) is 7.05 Å². The van der Waals surface area contributed by atoms with Crippen molar-refractivity contribution in [2.75, 3.05) is 11.9 Å². The molecular weight excluding hydrogens is 325 g/mol. The number of nitrogens with zero attached hydrogens (tertiary/aromatic N) is 1. The number of urea groups is 1. The molecule has 2 amide bonds. The number of aliphatic hydroxyl groups excluding tert-OH is 1. The molecule has 2 aromatic rings.